The maximum Gasteiger partial charge on any atom is 0.224 e. The molecule has 0 spiro atoms. The lowest BCUT2D eigenvalue weighted by molar-refractivity contribution is -0.120. The van der Waals surface area contributed by atoms with Crippen LogP contribution in [0.1, 0.15) is 17.2 Å². The Morgan fingerprint density at radius 3 is 2.42 bits per heavy atom. The molecular weight excluding hydrogens is 335 g/mol. The normalized spacial score (nSPS) is 15.5. The topological polar surface area (TPSA) is 61.8 Å². The van der Waals surface area contributed by atoms with E-state index in [-0.39, 0.29) is 24.7 Å². The zero-order valence-electron chi connectivity index (χ0n) is 14.5. The van der Waals surface area contributed by atoms with Gasteiger partial charge >= 0.3 is 0 Å². The van der Waals surface area contributed by atoms with Gasteiger partial charge in [-0.05, 0) is 35.4 Å². The molecule has 1 aliphatic rings. The van der Waals surface area contributed by atoms with Gasteiger partial charge in [-0.15, -0.1) is 0 Å². The van der Waals surface area contributed by atoms with Crippen molar-refractivity contribution in [2.24, 2.45) is 0 Å². The summed E-state index contributed by atoms with van der Waals surface area (Å²) in [5, 5.41) is 13.0. The molecule has 138 valence electrons. The number of rotatable bonds is 6. The van der Waals surface area contributed by atoms with E-state index in [2.05, 4.69) is 10.2 Å². The third-order valence-corrected chi connectivity index (χ3v) is 4.42. The summed E-state index contributed by atoms with van der Waals surface area (Å²) in [5.41, 5.74) is 2.59. The molecule has 2 aromatic carbocycles. The zero-order chi connectivity index (χ0) is 18.4. The van der Waals surface area contributed by atoms with Crippen LogP contribution in [0.4, 0.5) is 10.1 Å². The van der Waals surface area contributed by atoms with Gasteiger partial charge in [-0.1, -0.05) is 24.3 Å². The molecule has 0 aliphatic carbocycles. The lowest BCUT2D eigenvalue weighted by atomic mass is 10.1. The molecule has 1 atom stereocenters. The molecule has 5 nitrogen and oxygen atoms in total. The summed E-state index contributed by atoms with van der Waals surface area (Å²) in [6.07, 6.45) is -0.617. The quantitative estimate of drug-likeness (QED) is 0.830. The minimum Gasteiger partial charge on any atom is -0.387 e. The van der Waals surface area contributed by atoms with E-state index in [4.69, 9.17) is 4.74 Å². The van der Waals surface area contributed by atoms with Gasteiger partial charge in [0.05, 0.1) is 25.7 Å². The van der Waals surface area contributed by atoms with Crippen molar-refractivity contribution >= 4 is 11.6 Å². The van der Waals surface area contributed by atoms with Gasteiger partial charge in [0, 0.05) is 25.3 Å². The molecule has 2 aromatic rings. The average molecular weight is 358 g/mol. The second-order valence-electron chi connectivity index (χ2n) is 6.31. The monoisotopic (exact) mass is 358 g/mol. The van der Waals surface area contributed by atoms with Gasteiger partial charge in [-0.2, -0.15) is 0 Å². The Kier molecular flexibility index (Phi) is 6.20. The number of carbonyl (C=O) groups excluding carboxylic acids is 1. The van der Waals surface area contributed by atoms with E-state index in [9.17, 15) is 14.3 Å². The first-order chi connectivity index (χ1) is 12.6. The molecule has 6 heteroatoms. The molecule has 1 aliphatic heterocycles. The Hall–Kier alpha value is -2.44. The summed E-state index contributed by atoms with van der Waals surface area (Å²) in [6, 6.07) is 13.5. The highest BCUT2D eigenvalue weighted by molar-refractivity contribution is 5.78. The van der Waals surface area contributed by atoms with E-state index >= 15 is 0 Å². The molecule has 1 unspecified atom stereocenters. The van der Waals surface area contributed by atoms with Crippen molar-refractivity contribution in [1.29, 1.82) is 0 Å². The highest BCUT2D eigenvalue weighted by Crippen LogP contribution is 2.20. The first-order valence-electron chi connectivity index (χ1n) is 8.74. The number of morpholine rings is 1. The Bertz CT molecular complexity index is 713. The largest absolute Gasteiger partial charge is 0.387 e. The van der Waals surface area contributed by atoms with Crippen LogP contribution in [0.25, 0.3) is 0 Å². The third kappa shape index (κ3) is 5.03. The van der Waals surface area contributed by atoms with Gasteiger partial charge in [0.25, 0.3) is 0 Å². The minimum atomic E-state index is -0.772. The van der Waals surface area contributed by atoms with Gasteiger partial charge in [-0.25, -0.2) is 4.39 Å². The zero-order valence-corrected chi connectivity index (χ0v) is 14.5. The van der Waals surface area contributed by atoms with Gasteiger partial charge in [0.2, 0.25) is 5.91 Å². The van der Waals surface area contributed by atoms with Crippen LogP contribution < -0.4 is 10.2 Å². The number of hydrogen-bond acceptors (Lipinski definition) is 4. The van der Waals surface area contributed by atoms with Crippen LogP contribution in [0.2, 0.25) is 0 Å². The number of nitrogens with one attached hydrogen (secondary N) is 1. The van der Waals surface area contributed by atoms with Crippen LogP contribution in [-0.4, -0.2) is 43.9 Å². The number of aliphatic hydroxyl groups is 1. The van der Waals surface area contributed by atoms with Gasteiger partial charge < -0.3 is 20.1 Å². The predicted octanol–water partition coefficient (Wildman–Crippen LogP) is 2.05. The van der Waals surface area contributed by atoms with E-state index in [1.165, 1.54) is 12.1 Å². The molecule has 1 saturated heterocycles. The number of carbonyl (C=O) groups is 1. The van der Waals surface area contributed by atoms with Crippen molar-refractivity contribution in [2.45, 2.75) is 12.5 Å². The second kappa shape index (κ2) is 8.78. The summed E-state index contributed by atoms with van der Waals surface area (Å²) in [4.78, 5) is 14.2. The smallest absolute Gasteiger partial charge is 0.224 e. The van der Waals surface area contributed by atoms with Gasteiger partial charge in [-0.3, -0.25) is 4.79 Å². The second-order valence-corrected chi connectivity index (χ2v) is 6.31. The standard InChI is InChI=1S/C20H23FN2O3/c21-17-5-1-15(2-6-17)13-20(25)22-14-19(24)16-3-7-18(8-4-16)23-9-11-26-12-10-23/h1-8,19,24H,9-14H2,(H,22,25). The number of amides is 1. The van der Waals surface area contributed by atoms with Crippen LogP contribution in [0.5, 0.6) is 0 Å². The number of halogens is 1. The summed E-state index contributed by atoms with van der Waals surface area (Å²) in [6.45, 7) is 3.31. The van der Waals surface area contributed by atoms with E-state index in [1.54, 1.807) is 12.1 Å². The van der Waals surface area contributed by atoms with Crippen LogP contribution in [0.15, 0.2) is 48.5 Å². The van der Waals surface area contributed by atoms with Crippen LogP contribution in [-0.2, 0) is 16.0 Å². The lowest BCUT2D eigenvalue weighted by Gasteiger charge is -2.29. The highest BCUT2D eigenvalue weighted by Gasteiger charge is 2.13. The molecule has 26 heavy (non-hydrogen) atoms. The molecule has 1 amide bonds. The molecule has 0 saturated carbocycles. The van der Waals surface area contributed by atoms with Crippen LogP contribution in [0.3, 0.4) is 0 Å². The first kappa shape index (κ1) is 18.4. The third-order valence-electron chi connectivity index (χ3n) is 4.42. The van der Waals surface area contributed by atoms with Gasteiger partial charge in [0.15, 0.2) is 0 Å². The lowest BCUT2D eigenvalue weighted by Crippen LogP contribution is -2.36. The molecule has 3 rings (SSSR count). The number of hydrogen-bond donors (Lipinski definition) is 2. The fraction of sp³-hybridized carbons (Fsp3) is 0.350. The molecule has 1 heterocycles. The maximum absolute atomic E-state index is 12.9. The first-order valence-corrected chi connectivity index (χ1v) is 8.74. The van der Waals surface area contributed by atoms with Crippen molar-refractivity contribution in [3.63, 3.8) is 0 Å². The fourth-order valence-electron chi connectivity index (χ4n) is 2.91. The van der Waals surface area contributed by atoms with Crippen molar-refractivity contribution < 1.29 is 19.0 Å². The van der Waals surface area contributed by atoms with Gasteiger partial charge in [0.1, 0.15) is 5.82 Å². The molecule has 0 bridgehead atoms. The molecule has 2 N–H and O–H groups in total. The minimum absolute atomic E-state index is 0.136. The number of aliphatic hydroxyl groups excluding tert-OH is 1. The summed E-state index contributed by atoms with van der Waals surface area (Å²) in [7, 11) is 0. The molecule has 1 fully saturated rings. The Balaban J connectivity index is 1.48. The van der Waals surface area contributed by atoms with E-state index in [1.807, 2.05) is 24.3 Å². The SMILES string of the molecule is O=C(Cc1ccc(F)cc1)NCC(O)c1ccc(N2CCOCC2)cc1. The highest BCUT2D eigenvalue weighted by atomic mass is 19.1. The van der Waals surface area contributed by atoms with Crippen molar-refractivity contribution in [3.05, 3.63) is 65.5 Å². The van der Waals surface area contributed by atoms with E-state index in [0.29, 0.717) is 0 Å². The van der Waals surface area contributed by atoms with Crippen molar-refractivity contribution in [1.82, 2.24) is 5.32 Å². The summed E-state index contributed by atoms with van der Waals surface area (Å²) < 4.78 is 18.2. The van der Waals surface area contributed by atoms with Crippen molar-refractivity contribution in [3.8, 4) is 0 Å². The number of nitrogens with zero attached hydrogens (tertiary/aromatic N) is 1. The predicted molar refractivity (Wildman–Crippen MR) is 97.5 cm³/mol. The summed E-state index contributed by atoms with van der Waals surface area (Å²) in [5.74, 6) is -0.536. The van der Waals surface area contributed by atoms with Crippen LogP contribution >= 0.6 is 0 Å². The summed E-state index contributed by atoms with van der Waals surface area (Å²) >= 11 is 0. The molecule has 0 aromatic heterocycles. The van der Waals surface area contributed by atoms with Crippen molar-refractivity contribution in [2.75, 3.05) is 37.7 Å². The Morgan fingerprint density at radius 1 is 1.12 bits per heavy atom. The Labute approximate surface area is 152 Å². The fourth-order valence-corrected chi connectivity index (χ4v) is 2.91. The molecule has 0 radical (unpaired) electrons. The number of benzene rings is 2. The Morgan fingerprint density at radius 2 is 1.77 bits per heavy atom. The maximum atomic E-state index is 12.9. The van der Waals surface area contributed by atoms with E-state index < -0.39 is 6.10 Å². The average Bonchev–Trinajstić information content (AvgIpc) is 2.69. The molecular formula is C20H23FN2O3. The van der Waals surface area contributed by atoms with Crippen LogP contribution in [0, 0.1) is 5.82 Å². The number of ether oxygens (including phenoxy) is 1. The number of anilines is 1. The van der Waals surface area contributed by atoms with E-state index in [0.717, 1.165) is 43.1 Å².